The first-order valence-corrected chi connectivity index (χ1v) is 2.32. The number of aryl methyl sites for hydroxylation is 1. The van der Waals surface area contributed by atoms with Gasteiger partial charge in [0.05, 0.1) is 7.05 Å². The maximum atomic E-state index is 10.0. The summed E-state index contributed by atoms with van der Waals surface area (Å²) in [7, 11) is 1.57. The van der Waals surface area contributed by atoms with Gasteiger partial charge in [0.2, 0.25) is 0 Å². The second-order valence-electron chi connectivity index (χ2n) is 1.62. The fourth-order valence-corrected chi connectivity index (χ4v) is 0.526. The van der Waals surface area contributed by atoms with Crippen LogP contribution in [0.1, 0.15) is 0 Å². The molecule has 0 aromatic carbocycles. The highest BCUT2D eigenvalue weighted by Crippen LogP contribution is 2.05. The van der Waals surface area contributed by atoms with E-state index in [9.17, 15) is 10.1 Å². The molecule has 0 saturated heterocycles. The minimum atomic E-state index is -0.479. The average Bonchev–Trinajstić information content (AvgIpc) is 2.13. The van der Waals surface area contributed by atoms with Crippen molar-refractivity contribution in [3.8, 4) is 0 Å². The van der Waals surface area contributed by atoms with Crippen molar-refractivity contribution in [1.29, 1.82) is 0 Å². The van der Waals surface area contributed by atoms with Gasteiger partial charge in [-0.15, -0.1) is 24.8 Å². The van der Waals surface area contributed by atoms with Gasteiger partial charge in [-0.25, -0.2) is 9.55 Å². The zero-order valence-corrected chi connectivity index (χ0v) is 7.26. The van der Waals surface area contributed by atoms with Crippen LogP contribution in [0.15, 0.2) is 12.5 Å². The number of hydrogen-bond donors (Lipinski definition) is 0. The minimum absolute atomic E-state index is 0. The topological polar surface area (TPSA) is 61.0 Å². The molecule has 0 atom stereocenters. The first-order chi connectivity index (χ1) is 4.22. The van der Waals surface area contributed by atoms with Gasteiger partial charge in [-0.3, -0.25) is 0 Å². The van der Waals surface area contributed by atoms with Crippen molar-refractivity contribution < 1.29 is 4.92 Å². The van der Waals surface area contributed by atoms with Gasteiger partial charge in [-0.2, -0.15) is 0 Å². The van der Waals surface area contributed by atoms with E-state index in [1.54, 1.807) is 7.05 Å². The molecule has 1 aromatic rings. The molecule has 1 heterocycles. The van der Waals surface area contributed by atoms with Gasteiger partial charge in [-0.05, 0) is 4.92 Å². The summed E-state index contributed by atoms with van der Waals surface area (Å²) in [5, 5.41) is 10.0. The fraction of sp³-hybridized carbons (Fsp3) is 0.250. The molecule has 0 saturated carbocycles. The van der Waals surface area contributed by atoms with Gasteiger partial charge in [-0.1, -0.05) is 0 Å². The first-order valence-electron chi connectivity index (χ1n) is 2.32. The van der Waals surface area contributed by atoms with Crippen molar-refractivity contribution in [3.05, 3.63) is 22.6 Å². The Morgan fingerprint density at radius 1 is 1.64 bits per heavy atom. The van der Waals surface area contributed by atoms with Crippen LogP contribution in [0.3, 0.4) is 0 Å². The van der Waals surface area contributed by atoms with E-state index in [-0.39, 0.29) is 30.6 Å². The van der Waals surface area contributed by atoms with Crippen LogP contribution in [0.25, 0.3) is 0 Å². The monoisotopic (exact) mass is 199 g/mol. The number of imidazole rings is 1. The third kappa shape index (κ3) is 2.73. The quantitative estimate of drug-likeness (QED) is 0.504. The Hall–Kier alpha value is -0.810. The highest BCUT2D eigenvalue weighted by Gasteiger charge is 2.06. The summed E-state index contributed by atoms with van der Waals surface area (Å²) in [6.45, 7) is 0. The molecule has 0 aliphatic heterocycles. The maximum Gasteiger partial charge on any atom is 0.342 e. The predicted molar refractivity (Wildman–Crippen MR) is 44.4 cm³/mol. The molecule has 0 fully saturated rings. The molecule has 0 N–H and O–H groups in total. The summed E-state index contributed by atoms with van der Waals surface area (Å²) in [6.07, 6.45) is 2.60. The third-order valence-corrected chi connectivity index (χ3v) is 0.978. The third-order valence-electron chi connectivity index (χ3n) is 0.978. The van der Waals surface area contributed by atoms with E-state index in [1.807, 2.05) is 0 Å². The number of nitro groups is 1. The lowest BCUT2D eigenvalue weighted by Gasteiger charge is -1.89. The Labute approximate surface area is 75.4 Å². The van der Waals surface area contributed by atoms with E-state index in [0.29, 0.717) is 0 Å². The number of rotatable bonds is 1. The number of nitrogens with zero attached hydrogens (tertiary/aromatic N) is 3. The molecule has 1 rings (SSSR count). The first kappa shape index (κ1) is 12.8. The lowest BCUT2D eigenvalue weighted by atomic mass is 10.8. The van der Waals surface area contributed by atoms with Crippen molar-refractivity contribution >= 4 is 30.6 Å². The van der Waals surface area contributed by atoms with Crippen molar-refractivity contribution in [2.24, 2.45) is 7.05 Å². The molecule has 1 aromatic heterocycles. The summed E-state index contributed by atoms with van der Waals surface area (Å²) >= 11 is 0. The smallest absolute Gasteiger partial charge is 0.342 e. The molecular weight excluding hydrogens is 193 g/mol. The molecule has 5 nitrogen and oxygen atoms in total. The lowest BCUT2D eigenvalue weighted by molar-refractivity contribution is -0.391. The minimum Gasteiger partial charge on any atom is -0.358 e. The van der Waals surface area contributed by atoms with Crippen molar-refractivity contribution in [1.82, 2.24) is 9.55 Å². The highest BCUT2D eigenvalue weighted by molar-refractivity contribution is 5.85. The van der Waals surface area contributed by atoms with Crippen LogP contribution in [0.5, 0.6) is 0 Å². The Balaban J connectivity index is 0. The molecule has 0 spiro atoms. The van der Waals surface area contributed by atoms with Crippen LogP contribution >= 0.6 is 24.8 Å². The Kier molecular flexibility index (Phi) is 5.74. The molecule has 7 heteroatoms. The summed E-state index contributed by atoms with van der Waals surface area (Å²) in [6, 6.07) is 0. The van der Waals surface area contributed by atoms with Crippen molar-refractivity contribution in [2.75, 3.05) is 0 Å². The standard InChI is InChI=1S/C4H5N3O2.2ClH/c1-6-3-5-2-4(6)7(8)9;;/h2-3H,1H3;2*1H. The van der Waals surface area contributed by atoms with Crippen LogP contribution in [-0.4, -0.2) is 14.5 Å². The predicted octanol–water partition coefficient (Wildman–Crippen LogP) is 1.17. The van der Waals surface area contributed by atoms with E-state index < -0.39 is 4.92 Å². The van der Waals surface area contributed by atoms with Crippen molar-refractivity contribution in [3.63, 3.8) is 0 Å². The maximum absolute atomic E-state index is 10.0. The fourth-order valence-electron chi connectivity index (χ4n) is 0.526. The molecule has 0 unspecified atom stereocenters. The molecular formula is C4H7Cl2N3O2. The Morgan fingerprint density at radius 3 is 2.36 bits per heavy atom. The van der Waals surface area contributed by atoms with E-state index in [2.05, 4.69) is 4.98 Å². The van der Waals surface area contributed by atoms with Gasteiger partial charge >= 0.3 is 5.82 Å². The van der Waals surface area contributed by atoms with Crippen LogP contribution < -0.4 is 0 Å². The Morgan fingerprint density at radius 2 is 2.18 bits per heavy atom. The van der Waals surface area contributed by atoms with E-state index in [4.69, 9.17) is 0 Å². The van der Waals surface area contributed by atoms with E-state index >= 15 is 0 Å². The van der Waals surface area contributed by atoms with Gasteiger partial charge in [0.1, 0.15) is 6.20 Å². The van der Waals surface area contributed by atoms with Crippen LogP contribution in [0, 0.1) is 10.1 Å². The molecule has 0 radical (unpaired) electrons. The summed E-state index contributed by atoms with van der Waals surface area (Å²) in [5.41, 5.74) is 0. The van der Waals surface area contributed by atoms with Crippen LogP contribution in [-0.2, 0) is 7.05 Å². The zero-order valence-electron chi connectivity index (χ0n) is 5.63. The van der Waals surface area contributed by atoms with Crippen LogP contribution in [0.2, 0.25) is 0 Å². The largest absolute Gasteiger partial charge is 0.358 e. The van der Waals surface area contributed by atoms with Gasteiger partial charge in [0.25, 0.3) is 0 Å². The van der Waals surface area contributed by atoms with Gasteiger partial charge < -0.3 is 10.1 Å². The highest BCUT2D eigenvalue weighted by atomic mass is 35.5. The number of aromatic nitrogens is 2. The second kappa shape index (κ2) is 4.92. The molecule has 11 heavy (non-hydrogen) atoms. The molecule has 0 aliphatic carbocycles. The number of hydrogen-bond acceptors (Lipinski definition) is 3. The summed E-state index contributed by atoms with van der Waals surface area (Å²) in [4.78, 5) is 13.1. The lowest BCUT2D eigenvalue weighted by Crippen LogP contribution is -1.94. The second-order valence-corrected chi connectivity index (χ2v) is 1.62. The Bertz CT molecular complexity index is 237. The summed E-state index contributed by atoms with van der Waals surface area (Å²) < 4.78 is 1.35. The normalized spacial score (nSPS) is 7.73. The molecule has 0 bridgehead atoms. The molecule has 0 amide bonds. The van der Waals surface area contributed by atoms with E-state index in [1.165, 1.54) is 17.1 Å². The summed E-state index contributed by atoms with van der Waals surface area (Å²) in [5.74, 6) is 0.00926. The van der Waals surface area contributed by atoms with Crippen LogP contribution in [0.4, 0.5) is 5.82 Å². The molecule has 0 aliphatic rings. The zero-order chi connectivity index (χ0) is 6.85. The van der Waals surface area contributed by atoms with Gasteiger partial charge in [0, 0.05) is 0 Å². The molecule has 64 valence electrons. The van der Waals surface area contributed by atoms with Crippen molar-refractivity contribution in [2.45, 2.75) is 0 Å². The van der Waals surface area contributed by atoms with Gasteiger partial charge in [0.15, 0.2) is 6.33 Å². The van der Waals surface area contributed by atoms with E-state index in [0.717, 1.165) is 0 Å². The average molecular weight is 200 g/mol. The number of halogens is 2. The SMILES string of the molecule is Cl.Cl.Cn1cncc1[N+](=O)[O-].